The minimum absolute atomic E-state index is 0.0159. The van der Waals surface area contributed by atoms with Crippen molar-refractivity contribution in [3.05, 3.63) is 102 Å². The van der Waals surface area contributed by atoms with Gasteiger partial charge in [-0.3, -0.25) is 52.9 Å². The van der Waals surface area contributed by atoms with Crippen LogP contribution in [0.4, 0.5) is 9.18 Å². The number of halogens is 1. The molecule has 0 spiro atoms. The van der Waals surface area contributed by atoms with E-state index < -0.39 is 151 Å². The number of urea groups is 1. The molecule has 460 valence electrons. The molecular formula is C59H79FN12O13. The minimum atomic E-state index is -1.63. The van der Waals surface area contributed by atoms with Crippen molar-refractivity contribution >= 4 is 81.5 Å². The number of aliphatic imine (C=N–C) groups is 1. The maximum absolute atomic E-state index is 14.2. The van der Waals surface area contributed by atoms with Crippen LogP contribution in [0.15, 0.2) is 84.0 Å². The highest BCUT2D eigenvalue weighted by Crippen LogP contribution is 2.22. The summed E-state index contributed by atoms with van der Waals surface area (Å²) in [6.07, 6.45) is -2.37. The Bertz CT molecular complexity index is 3020. The van der Waals surface area contributed by atoms with Crippen LogP contribution in [0, 0.1) is 23.6 Å². The zero-order chi connectivity index (χ0) is 62.9. The van der Waals surface area contributed by atoms with E-state index in [0.29, 0.717) is 17.5 Å². The molecule has 8 amide bonds. The number of aromatic hydroxyl groups is 1. The second-order valence-electron chi connectivity index (χ2n) is 21.3. The van der Waals surface area contributed by atoms with E-state index in [0.717, 1.165) is 28.6 Å². The molecule has 0 unspecified atom stereocenters. The lowest BCUT2D eigenvalue weighted by molar-refractivity contribution is -0.137. The number of nitrogens with zero attached hydrogens (tertiary/aromatic N) is 1. The molecule has 26 heteroatoms. The predicted octanol–water partition coefficient (Wildman–Crippen LogP) is 0.839. The molecule has 0 aliphatic heterocycles. The number of aromatic amines is 1. The number of phenolic OH excluding ortho intramolecular Hbond substituents is 1. The van der Waals surface area contributed by atoms with Gasteiger partial charge in [0, 0.05) is 75.6 Å². The number of benzene rings is 3. The predicted molar refractivity (Wildman–Crippen MR) is 312 cm³/mol. The average molecular weight is 1180 g/mol. The van der Waals surface area contributed by atoms with Gasteiger partial charge in [0.25, 0.3) is 0 Å². The van der Waals surface area contributed by atoms with Crippen molar-refractivity contribution in [2.45, 2.75) is 135 Å². The molecule has 0 aliphatic rings. The van der Waals surface area contributed by atoms with E-state index in [1.807, 2.05) is 24.3 Å². The van der Waals surface area contributed by atoms with Crippen molar-refractivity contribution in [2.75, 3.05) is 20.1 Å². The fourth-order valence-electron chi connectivity index (χ4n) is 9.33. The Labute approximate surface area is 491 Å². The number of para-hydroxylation sites is 1. The Balaban J connectivity index is 1.46. The molecule has 4 rings (SSSR count). The minimum Gasteiger partial charge on any atom is -0.508 e. The molecule has 25 nitrogen and oxygen atoms in total. The van der Waals surface area contributed by atoms with Crippen LogP contribution < -0.4 is 54.4 Å². The highest BCUT2D eigenvalue weighted by atomic mass is 19.1. The van der Waals surface area contributed by atoms with Crippen molar-refractivity contribution in [3.63, 3.8) is 0 Å². The standard InChI is InChI=1S/C59H79FN12O13/c1-32(2)23-44(50(77)27-37(9-8-22-65-58(63)64-5)56(83)71-48(55(62)82)26-38-30-66-43-11-7-6-10-41(38)43)72-59(85)67-31-52(79)46(25-35-12-16-39(60)17-13-35)70-57(84)42(33(3)73)28-51(78)47(29-53(61)80)69-54(81)21-20-49(76)45(68-34(4)74)24-36-14-18-40(75)19-15-36/h6-7,10-19,30,32-33,37,42,44-48,66,73,75H,8-9,20-29,31H2,1-5H3,(H2,61,80)(H2,62,82)(H,68,74)(H,69,81)(H,70,84)(H,71,83)(H3,63,64,65)(H2,67,72,85)/t33-,37-,42+,44+,45-,46+,47+,48+/m1/s1. The second kappa shape index (κ2) is 33.9. The van der Waals surface area contributed by atoms with Gasteiger partial charge in [-0.2, -0.15) is 0 Å². The van der Waals surface area contributed by atoms with Gasteiger partial charge in [-0.05, 0) is 92.0 Å². The molecule has 0 fully saturated rings. The fourth-order valence-corrected chi connectivity index (χ4v) is 9.33. The van der Waals surface area contributed by atoms with Gasteiger partial charge in [0.2, 0.25) is 35.4 Å². The second-order valence-corrected chi connectivity index (χ2v) is 21.3. The van der Waals surface area contributed by atoms with E-state index in [4.69, 9.17) is 17.2 Å². The number of carbonyl (C=O) groups is 11. The van der Waals surface area contributed by atoms with Crippen LogP contribution in [0.25, 0.3) is 10.9 Å². The molecule has 16 N–H and O–H groups in total. The first-order valence-corrected chi connectivity index (χ1v) is 27.8. The number of aromatic nitrogens is 1. The number of carbonyl (C=O) groups excluding carboxylic acids is 11. The first-order chi connectivity index (χ1) is 40.2. The largest absolute Gasteiger partial charge is 0.508 e. The summed E-state index contributed by atoms with van der Waals surface area (Å²) in [6.45, 7) is 5.50. The summed E-state index contributed by atoms with van der Waals surface area (Å²) in [5.41, 5.74) is 19.5. The van der Waals surface area contributed by atoms with Gasteiger partial charge in [0.15, 0.2) is 29.1 Å². The van der Waals surface area contributed by atoms with Crippen LogP contribution in [0.1, 0.15) is 95.8 Å². The lowest BCUT2D eigenvalue weighted by Gasteiger charge is -2.26. The molecule has 8 atom stereocenters. The SMILES string of the molecule is CN=C(N)NCCC[C@H](CC(=O)[C@H](CC(C)C)NC(=O)NCC(=O)[C@H](Cc1ccc(F)cc1)NC(=O)[C@@H](CC(=O)[C@H](CC(N)=O)NC(=O)CCC(=O)[C@@H](Cc1ccc(O)cc1)NC(C)=O)[C@@H](C)O)C(=O)N[C@@H](Cc1c[nH]c2ccccc12)C(N)=O. The molecule has 1 aromatic heterocycles. The van der Waals surface area contributed by atoms with Crippen LogP contribution in [0.2, 0.25) is 0 Å². The normalized spacial score (nSPS) is 14.2. The number of amides is 8. The molecule has 4 aromatic rings. The molecule has 0 saturated heterocycles. The van der Waals surface area contributed by atoms with Crippen LogP contribution >= 0.6 is 0 Å². The summed E-state index contributed by atoms with van der Waals surface area (Å²) in [4.78, 5) is 154. The number of Topliss-reactive ketones (excluding diaryl/α,β-unsaturated/α-hetero) is 4. The van der Waals surface area contributed by atoms with Crippen LogP contribution in [-0.2, 0) is 67.2 Å². The Kier molecular flexibility index (Phi) is 27.3. The van der Waals surface area contributed by atoms with Gasteiger partial charge in [-0.25, -0.2) is 9.18 Å². The number of primary amides is 2. The van der Waals surface area contributed by atoms with Crippen molar-refractivity contribution in [1.29, 1.82) is 0 Å². The van der Waals surface area contributed by atoms with Crippen LogP contribution in [-0.4, -0.2) is 142 Å². The zero-order valence-corrected chi connectivity index (χ0v) is 48.3. The third-order valence-electron chi connectivity index (χ3n) is 13.9. The highest BCUT2D eigenvalue weighted by Gasteiger charge is 2.35. The molecule has 0 bridgehead atoms. The number of H-pyrrole nitrogens is 1. The van der Waals surface area contributed by atoms with E-state index >= 15 is 0 Å². The topological polar surface area (TPSA) is 419 Å². The van der Waals surface area contributed by atoms with Gasteiger partial charge in [0.1, 0.15) is 17.6 Å². The molecule has 0 radical (unpaired) electrons. The van der Waals surface area contributed by atoms with Crippen molar-refractivity contribution in [3.8, 4) is 5.75 Å². The number of hydrogen-bond donors (Lipinski definition) is 13. The zero-order valence-electron chi connectivity index (χ0n) is 48.3. The Morgan fingerprint density at radius 3 is 1.86 bits per heavy atom. The summed E-state index contributed by atoms with van der Waals surface area (Å²) in [7, 11) is 1.49. The van der Waals surface area contributed by atoms with E-state index in [9.17, 15) is 67.3 Å². The number of aliphatic hydroxyl groups excluding tert-OH is 1. The van der Waals surface area contributed by atoms with Crippen molar-refractivity contribution in [1.82, 2.24) is 42.2 Å². The quantitative estimate of drug-likeness (QED) is 0.0171. The third kappa shape index (κ3) is 23.6. The smallest absolute Gasteiger partial charge is 0.315 e. The maximum atomic E-state index is 14.2. The number of guanidine groups is 1. The molecule has 3 aromatic carbocycles. The van der Waals surface area contributed by atoms with E-state index in [2.05, 4.69) is 47.2 Å². The van der Waals surface area contributed by atoms with Crippen LogP contribution in [0.3, 0.4) is 0 Å². The Morgan fingerprint density at radius 2 is 1.26 bits per heavy atom. The number of nitrogens with two attached hydrogens (primary N) is 3. The van der Waals surface area contributed by atoms with E-state index in [1.165, 1.54) is 45.2 Å². The summed E-state index contributed by atoms with van der Waals surface area (Å²) < 4.78 is 14.0. The molecule has 0 aliphatic carbocycles. The van der Waals surface area contributed by atoms with Gasteiger partial charge < -0.3 is 69.6 Å². The molecule has 85 heavy (non-hydrogen) atoms. The number of nitrogens with one attached hydrogen (secondary N) is 8. The first-order valence-electron chi connectivity index (χ1n) is 27.8. The lowest BCUT2D eigenvalue weighted by Crippen LogP contribution is -2.53. The number of ketones is 4. The molecular weight excluding hydrogens is 1100 g/mol. The number of phenols is 1. The number of rotatable bonds is 36. The van der Waals surface area contributed by atoms with Crippen LogP contribution in [0.5, 0.6) is 5.75 Å². The monoisotopic (exact) mass is 1180 g/mol. The number of fused-ring (bicyclic) bond motifs is 1. The summed E-state index contributed by atoms with van der Waals surface area (Å²) in [5, 5.41) is 39.4. The molecule has 0 saturated carbocycles. The van der Waals surface area contributed by atoms with Crippen molar-refractivity contribution < 1.29 is 67.3 Å². The fraction of sp³-hybridized carbons (Fsp3) is 0.458. The third-order valence-corrected chi connectivity index (χ3v) is 13.9. The Hall–Kier alpha value is -9.07. The van der Waals surface area contributed by atoms with Gasteiger partial charge in [-0.15, -0.1) is 0 Å². The van der Waals surface area contributed by atoms with Gasteiger partial charge in [0.05, 0.1) is 49.2 Å². The van der Waals surface area contributed by atoms with Crippen molar-refractivity contribution in [2.24, 2.45) is 39.9 Å². The van der Waals surface area contributed by atoms with E-state index in [-0.39, 0.29) is 62.7 Å². The highest BCUT2D eigenvalue weighted by molar-refractivity contribution is 5.99. The molecule has 1 heterocycles. The van der Waals surface area contributed by atoms with Gasteiger partial charge >= 0.3 is 6.03 Å². The number of hydrogen-bond acceptors (Lipinski definition) is 14. The summed E-state index contributed by atoms with van der Waals surface area (Å²) >= 11 is 0. The average Bonchev–Trinajstić information content (AvgIpc) is 3.12. The Morgan fingerprint density at radius 1 is 0.647 bits per heavy atom. The first kappa shape index (κ1) is 68.4. The van der Waals surface area contributed by atoms with Gasteiger partial charge in [-0.1, -0.05) is 56.3 Å². The van der Waals surface area contributed by atoms with E-state index in [1.54, 1.807) is 32.2 Å². The lowest BCUT2D eigenvalue weighted by atomic mass is 9.90. The summed E-state index contributed by atoms with van der Waals surface area (Å²) in [5.74, 6) is -11.0. The number of aliphatic hydroxyl groups is 1. The maximum Gasteiger partial charge on any atom is 0.315 e. The summed E-state index contributed by atoms with van der Waals surface area (Å²) in [6, 6.07) is 10.7.